The number of aliphatic carboxylic acids is 1. The maximum atomic E-state index is 11.4. The number of carboxylic acids is 1. The van der Waals surface area contributed by atoms with Crippen molar-refractivity contribution in [1.82, 2.24) is 0 Å². The molecule has 0 amide bonds. The van der Waals surface area contributed by atoms with Crippen molar-refractivity contribution in [2.75, 3.05) is 0 Å². The Balaban J connectivity index is 2.99. The van der Waals surface area contributed by atoms with Crippen LogP contribution in [0, 0.1) is 0 Å². The fourth-order valence-corrected chi connectivity index (χ4v) is 1.31. The predicted octanol–water partition coefficient (Wildman–Crippen LogP) is 0.804. The summed E-state index contributed by atoms with van der Waals surface area (Å²) in [5.41, 5.74) is 0.263. The van der Waals surface area contributed by atoms with Gasteiger partial charge in [-0.15, -0.1) is 0 Å². The Kier molecular flexibility index (Phi) is 3.62. The lowest BCUT2D eigenvalue weighted by Gasteiger charge is -2.11. The molecule has 0 atom stereocenters. The van der Waals surface area contributed by atoms with Crippen LogP contribution in [0.25, 0.3) is 5.76 Å². The molecule has 0 heterocycles. The third-order valence-electron chi connectivity index (χ3n) is 1.58. The van der Waals surface area contributed by atoms with Crippen LogP contribution < -0.4 is 5.11 Å². The van der Waals surface area contributed by atoms with Crippen molar-refractivity contribution >= 4 is 33.4 Å². The fourth-order valence-electron chi connectivity index (χ4n) is 0.906. The Morgan fingerprint density at radius 1 is 1.40 bits per heavy atom. The molecular weight excluding hydrogens is 264 g/mol. The van der Waals surface area contributed by atoms with Gasteiger partial charge in [-0.05, 0) is 23.8 Å². The van der Waals surface area contributed by atoms with Crippen LogP contribution >= 0.6 is 15.9 Å². The van der Waals surface area contributed by atoms with Gasteiger partial charge in [-0.2, -0.15) is 0 Å². The molecule has 78 valence electrons. The Morgan fingerprint density at radius 3 is 2.60 bits per heavy atom. The second-order valence-electron chi connectivity index (χ2n) is 2.69. The van der Waals surface area contributed by atoms with Crippen LogP contribution in [0.5, 0.6) is 0 Å². The number of carboxylic acid groups (broad SMARTS) is 1. The molecule has 0 aliphatic heterocycles. The number of carbonyl (C=O) groups is 2. The van der Waals surface area contributed by atoms with Crippen molar-refractivity contribution < 1.29 is 19.8 Å². The van der Waals surface area contributed by atoms with E-state index >= 15 is 0 Å². The molecule has 0 aliphatic rings. The van der Waals surface area contributed by atoms with E-state index in [1.54, 1.807) is 12.1 Å². The molecule has 0 unspecified atom stereocenters. The van der Waals surface area contributed by atoms with Crippen LogP contribution in [0.2, 0.25) is 0 Å². The molecule has 0 fully saturated rings. The first-order valence-corrected chi connectivity index (χ1v) is 4.72. The van der Waals surface area contributed by atoms with E-state index in [9.17, 15) is 14.7 Å². The van der Waals surface area contributed by atoms with Crippen LogP contribution in [-0.4, -0.2) is 16.9 Å². The van der Waals surface area contributed by atoms with Crippen molar-refractivity contribution in [3.8, 4) is 0 Å². The van der Waals surface area contributed by atoms with E-state index in [1.165, 1.54) is 12.1 Å². The molecule has 0 spiro atoms. The average molecular weight is 270 g/mol. The fraction of sp³-hybridized carbons (Fsp3) is 0. The molecule has 0 aliphatic carbocycles. The average Bonchev–Trinajstić information content (AvgIpc) is 2.17. The lowest BCUT2D eigenvalue weighted by molar-refractivity contribution is -0.243. The highest BCUT2D eigenvalue weighted by atomic mass is 79.9. The smallest absolute Gasteiger partial charge is 0.376 e. The highest BCUT2D eigenvalue weighted by Gasteiger charge is 2.06. The van der Waals surface area contributed by atoms with Gasteiger partial charge in [0.1, 0.15) is 0 Å². The van der Waals surface area contributed by atoms with E-state index in [0.717, 1.165) is 0 Å². The summed E-state index contributed by atoms with van der Waals surface area (Å²) in [6, 6.07) is 6.35. The van der Waals surface area contributed by atoms with Gasteiger partial charge < -0.3 is 10.2 Å². The van der Waals surface area contributed by atoms with Crippen LogP contribution in [0.1, 0.15) is 5.56 Å². The molecule has 0 saturated carbocycles. The van der Waals surface area contributed by atoms with E-state index < -0.39 is 17.5 Å². The van der Waals surface area contributed by atoms with E-state index in [2.05, 4.69) is 15.9 Å². The molecule has 0 radical (unpaired) electrons. The summed E-state index contributed by atoms with van der Waals surface area (Å²) in [6.07, 6.45) is 0.560. The van der Waals surface area contributed by atoms with Gasteiger partial charge in [-0.25, -0.2) is 4.79 Å². The summed E-state index contributed by atoms with van der Waals surface area (Å²) in [5, 5.41) is 19.6. The van der Waals surface area contributed by atoms with Crippen LogP contribution in [0.4, 0.5) is 0 Å². The van der Waals surface area contributed by atoms with E-state index in [4.69, 9.17) is 5.11 Å². The van der Waals surface area contributed by atoms with Gasteiger partial charge >= 0.3 is 5.97 Å². The second-order valence-corrected chi connectivity index (χ2v) is 3.60. The minimum atomic E-state index is -1.64. The number of rotatable bonds is 3. The second kappa shape index (κ2) is 4.75. The number of carbonyl (C=O) groups excluding carboxylic acids is 1. The third kappa shape index (κ3) is 3.21. The summed E-state index contributed by atoms with van der Waals surface area (Å²) in [4.78, 5) is 20.9. The summed E-state index contributed by atoms with van der Waals surface area (Å²) in [7, 11) is 0. The molecule has 0 saturated heterocycles. The summed E-state index contributed by atoms with van der Waals surface area (Å²) < 4.78 is 0.685. The summed E-state index contributed by atoms with van der Waals surface area (Å²) in [5.74, 6) is -3.48. The molecule has 5 heteroatoms. The van der Waals surface area contributed by atoms with E-state index in [1.807, 2.05) is 0 Å². The highest BCUT2D eigenvalue weighted by Crippen LogP contribution is 2.15. The van der Waals surface area contributed by atoms with Gasteiger partial charge in [0.05, 0.1) is 0 Å². The number of hydrogen-bond acceptors (Lipinski definition) is 3. The molecule has 0 aromatic heterocycles. The summed E-state index contributed by atoms with van der Waals surface area (Å²) >= 11 is 3.16. The van der Waals surface area contributed by atoms with Gasteiger partial charge in [0.15, 0.2) is 0 Å². The van der Waals surface area contributed by atoms with Crippen molar-refractivity contribution in [2.24, 2.45) is 0 Å². The molecular formula is C10H6BrO4-. The normalized spacial score (nSPS) is 11.1. The summed E-state index contributed by atoms with van der Waals surface area (Å²) in [6.45, 7) is 0. The lowest BCUT2D eigenvalue weighted by atomic mass is 10.1. The standard InChI is InChI=1S/C10H7BrO4/c11-7-3-1-2-6(4-7)8(12)5-9(13)10(14)15/h1-5,12H,(H,14,15)/p-1/b8-5-. The maximum Gasteiger partial charge on any atom is 0.376 e. The number of benzene rings is 1. The molecule has 1 aromatic carbocycles. The first kappa shape index (κ1) is 11.5. The zero-order valence-corrected chi connectivity index (χ0v) is 9.02. The van der Waals surface area contributed by atoms with Crippen molar-refractivity contribution in [2.45, 2.75) is 0 Å². The topological polar surface area (TPSA) is 77.4 Å². The quantitative estimate of drug-likeness (QED) is 0.500. The number of ketones is 1. The first-order valence-electron chi connectivity index (χ1n) is 3.92. The third-order valence-corrected chi connectivity index (χ3v) is 2.08. The van der Waals surface area contributed by atoms with Crippen molar-refractivity contribution in [3.05, 3.63) is 40.4 Å². The lowest BCUT2D eigenvalue weighted by Crippen LogP contribution is -2.13. The maximum absolute atomic E-state index is 11.4. The van der Waals surface area contributed by atoms with Crippen molar-refractivity contribution in [1.29, 1.82) is 0 Å². The Hall–Kier alpha value is -1.62. The molecule has 1 N–H and O–H groups in total. The van der Waals surface area contributed by atoms with Crippen molar-refractivity contribution in [3.63, 3.8) is 0 Å². The Labute approximate surface area is 94.0 Å². The molecule has 0 bridgehead atoms. The Morgan fingerprint density at radius 2 is 2.07 bits per heavy atom. The molecule has 1 rings (SSSR count). The van der Waals surface area contributed by atoms with E-state index in [0.29, 0.717) is 10.5 Å². The molecule has 4 nitrogen and oxygen atoms in total. The van der Waals surface area contributed by atoms with E-state index in [-0.39, 0.29) is 5.56 Å². The minimum Gasteiger partial charge on any atom is -0.872 e. The van der Waals surface area contributed by atoms with Gasteiger partial charge in [0.25, 0.3) is 5.78 Å². The number of halogens is 1. The first-order chi connectivity index (χ1) is 7.00. The SMILES string of the molecule is O=C(O)C(=O)/C=C(\[O-])c1cccc(Br)c1. The van der Waals surface area contributed by atoms with Crippen LogP contribution in [-0.2, 0) is 9.59 Å². The zero-order chi connectivity index (χ0) is 11.4. The van der Waals surface area contributed by atoms with Gasteiger partial charge in [-0.3, -0.25) is 4.79 Å². The van der Waals surface area contributed by atoms with Gasteiger partial charge in [0.2, 0.25) is 0 Å². The van der Waals surface area contributed by atoms with Gasteiger partial charge in [-0.1, -0.05) is 33.8 Å². The van der Waals surface area contributed by atoms with Crippen LogP contribution in [0.15, 0.2) is 34.8 Å². The largest absolute Gasteiger partial charge is 0.872 e. The van der Waals surface area contributed by atoms with Crippen LogP contribution in [0.3, 0.4) is 0 Å². The molecule has 1 aromatic rings. The highest BCUT2D eigenvalue weighted by molar-refractivity contribution is 9.10. The monoisotopic (exact) mass is 269 g/mol. The zero-order valence-electron chi connectivity index (χ0n) is 7.44. The van der Waals surface area contributed by atoms with Gasteiger partial charge in [0, 0.05) is 4.47 Å². The molecule has 15 heavy (non-hydrogen) atoms. The number of hydrogen-bond donors (Lipinski definition) is 1. The predicted molar refractivity (Wildman–Crippen MR) is 54.8 cm³/mol. The Bertz CT molecular complexity index is 437. The minimum absolute atomic E-state index is 0.263.